The Morgan fingerprint density at radius 1 is 1.42 bits per heavy atom. The lowest BCUT2D eigenvalue weighted by Gasteiger charge is -2.03. The molecule has 1 amide bonds. The van der Waals surface area contributed by atoms with Gasteiger partial charge in [-0.05, 0) is 25.1 Å². The van der Waals surface area contributed by atoms with Gasteiger partial charge in [0.1, 0.15) is 5.76 Å². The molecule has 0 aliphatic rings. The first-order valence-electron chi connectivity index (χ1n) is 5.69. The molecule has 0 aliphatic carbocycles. The Labute approximate surface area is 115 Å². The van der Waals surface area contributed by atoms with Crippen LogP contribution in [0.2, 0.25) is 0 Å². The van der Waals surface area contributed by atoms with E-state index in [2.05, 4.69) is 0 Å². The molecule has 0 fully saturated rings. The summed E-state index contributed by atoms with van der Waals surface area (Å²) in [6.07, 6.45) is 0. The summed E-state index contributed by atoms with van der Waals surface area (Å²) in [5, 5.41) is 0. The van der Waals surface area contributed by atoms with E-state index >= 15 is 0 Å². The summed E-state index contributed by atoms with van der Waals surface area (Å²) < 4.78 is 5.35. The molecule has 0 unspecified atom stereocenters. The highest BCUT2D eigenvalue weighted by molar-refractivity contribution is 7.98. The molecule has 0 atom stereocenters. The molecule has 2 rings (SSSR count). The summed E-state index contributed by atoms with van der Waals surface area (Å²) in [7, 11) is 0. The van der Waals surface area contributed by atoms with E-state index in [1.54, 1.807) is 17.8 Å². The number of nitrogens with two attached hydrogens (primary N) is 2. The Kier molecular flexibility index (Phi) is 4.13. The first-order chi connectivity index (χ1) is 9.11. The van der Waals surface area contributed by atoms with Gasteiger partial charge in [-0.3, -0.25) is 10.2 Å². The Bertz CT molecular complexity index is 595. The van der Waals surface area contributed by atoms with Gasteiger partial charge < -0.3 is 10.2 Å². The maximum Gasteiger partial charge on any atom is 0.300 e. The van der Waals surface area contributed by atoms with Crippen molar-refractivity contribution >= 4 is 23.4 Å². The molecular weight excluding hydrogens is 262 g/mol. The molecule has 0 aliphatic heterocycles. The molecule has 0 radical (unpaired) electrons. The summed E-state index contributed by atoms with van der Waals surface area (Å²) in [6.45, 7) is 1.82. The third kappa shape index (κ3) is 3.10. The van der Waals surface area contributed by atoms with Gasteiger partial charge in [-0.15, -0.1) is 11.8 Å². The number of amides is 1. The summed E-state index contributed by atoms with van der Waals surface area (Å²) in [4.78, 5) is 12.4. The predicted molar refractivity (Wildman–Crippen MR) is 75.5 cm³/mol. The fourth-order valence-corrected chi connectivity index (χ4v) is 2.62. The number of thioether (sulfide) groups is 1. The second-order valence-electron chi connectivity index (χ2n) is 3.99. The predicted octanol–water partition coefficient (Wildman–Crippen LogP) is 2.07. The van der Waals surface area contributed by atoms with Crippen LogP contribution in [0.3, 0.4) is 0 Å². The minimum atomic E-state index is -0.432. The maximum atomic E-state index is 11.4. The van der Waals surface area contributed by atoms with Crippen molar-refractivity contribution in [2.75, 3.05) is 5.73 Å². The van der Waals surface area contributed by atoms with Crippen LogP contribution in [-0.4, -0.2) is 5.91 Å². The van der Waals surface area contributed by atoms with Crippen molar-refractivity contribution in [3.8, 4) is 0 Å². The van der Waals surface area contributed by atoms with E-state index in [0.717, 1.165) is 16.1 Å². The average Bonchev–Trinajstić information content (AvgIpc) is 2.78. The normalized spacial score (nSPS) is 10.4. The van der Waals surface area contributed by atoms with Gasteiger partial charge >= 0.3 is 5.91 Å². The molecular formula is C13H15N3O2S. The van der Waals surface area contributed by atoms with E-state index in [1.807, 2.05) is 36.6 Å². The number of aryl methyl sites for hydroxylation is 1. The van der Waals surface area contributed by atoms with Gasteiger partial charge in [0.15, 0.2) is 5.76 Å². The number of anilines is 1. The van der Waals surface area contributed by atoms with Gasteiger partial charge in [0, 0.05) is 21.9 Å². The van der Waals surface area contributed by atoms with Crippen molar-refractivity contribution < 1.29 is 9.21 Å². The number of nitrogens with one attached hydrogen (secondary N) is 1. The molecule has 0 saturated carbocycles. The minimum absolute atomic E-state index is 0.219. The Morgan fingerprint density at radius 2 is 2.16 bits per heavy atom. The maximum absolute atomic E-state index is 11.4. The van der Waals surface area contributed by atoms with E-state index < -0.39 is 5.91 Å². The highest BCUT2D eigenvalue weighted by Gasteiger charge is 2.13. The van der Waals surface area contributed by atoms with Crippen molar-refractivity contribution in [3.05, 3.63) is 47.4 Å². The number of carbonyl (C=O) groups excluding carboxylic acids is 1. The zero-order valence-corrected chi connectivity index (χ0v) is 11.3. The Morgan fingerprint density at radius 3 is 2.84 bits per heavy atom. The number of carbonyl (C=O) groups is 1. The molecule has 0 spiro atoms. The minimum Gasteiger partial charge on any atom is -0.456 e. The largest absolute Gasteiger partial charge is 0.456 e. The van der Waals surface area contributed by atoms with Crippen LogP contribution in [0.5, 0.6) is 0 Å². The number of para-hydroxylation sites is 1. The van der Waals surface area contributed by atoms with Crippen molar-refractivity contribution in [1.29, 1.82) is 0 Å². The molecule has 100 valence electrons. The van der Waals surface area contributed by atoms with Crippen LogP contribution in [0.25, 0.3) is 0 Å². The lowest BCUT2D eigenvalue weighted by molar-refractivity contribution is 0.0924. The third-order valence-electron chi connectivity index (χ3n) is 2.68. The highest BCUT2D eigenvalue weighted by atomic mass is 32.2. The van der Waals surface area contributed by atoms with Gasteiger partial charge in [0.2, 0.25) is 0 Å². The molecule has 1 aromatic heterocycles. The quantitative estimate of drug-likeness (QED) is 0.261. The molecule has 1 heterocycles. The van der Waals surface area contributed by atoms with Crippen LogP contribution in [0.4, 0.5) is 5.69 Å². The Balaban J connectivity index is 2.10. The van der Waals surface area contributed by atoms with Crippen LogP contribution >= 0.6 is 11.8 Å². The molecule has 0 bridgehead atoms. The number of furan rings is 1. The van der Waals surface area contributed by atoms with Crippen molar-refractivity contribution in [2.45, 2.75) is 17.6 Å². The molecule has 0 saturated heterocycles. The van der Waals surface area contributed by atoms with Crippen LogP contribution in [0.15, 0.2) is 39.6 Å². The highest BCUT2D eigenvalue weighted by Crippen LogP contribution is 2.29. The van der Waals surface area contributed by atoms with Crippen LogP contribution in [-0.2, 0) is 5.75 Å². The topological polar surface area (TPSA) is 94.3 Å². The SMILES string of the molecule is Cc1oc(C(=O)NN)cc1CSc1ccccc1N. The number of nitrogen functional groups attached to an aromatic ring is 2. The molecule has 1 aromatic carbocycles. The number of hydrogen-bond acceptors (Lipinski definition) is 5. The van der Waals surface area contributed by atoms with E-state index in [4.69, 9.17) is 16.0 Å². The average molecular weight is 277 g/mol. The van der Waals surface area contributed by atoms with Gasteiger partial charge in [0.25, 0.3) is 0 Å². The van der Waals surface area contributed by atoms with E-state index in [-0.39, 0.29) is 5.76 Å². The lowest BCUT2D eigenvalue weighted by atomic mass is 10.3. The molecule has 19 heavy (non-hydrogen) atoms. The van der Waals surface area contributed by atoms with Crippen molar-refractivity contribution in [3.63, 3.8) is 0 Å². The van der Waals surface area contributed by atoms with Crippen LogP contribution in [0.1, 0.15) is 21.9 Å². The zero-order chi connectivity index (χ0) is 13.8. The van der Waals surface area contributed by atoms with E-state index in [1.165, 1.54) is 0 Å². The van der Waals surface area contributed by atoms with Gasteiger partial charge in [-0.25, -0.2) is 5.84 Å². The van der Waals surface area contributed by atoms with Crippen molar-refractivity contribution in [2.24, 2.45) is 5.84 Å². The second-order valence-corrected chi connectivity index (χ2v) is 5.01. The second kappa shape index (κ2) is 5.81. The number of rotatable bonds is 4. The van der Waals surface area contributed by atoms with Gasteiger partial charge in [-0.2, -0.15) is 0 Å². The zero-order valence-electron chi connectivity index (χ0n) is 10.5. The van der Waals surface area contributed by atoms with Crippen molar-refractivity contribution in [1.82, 2.24) is 5.43 Å². The number of hydrogen-bond donors (Lipinski definition) is 3. The summed E-state index contributed by atoms with van der Waals surface area (Å²) in [6, 6.07) is 9.35. The molecule has 6 heteroatoms. The van der Waals surface area contributed by atoms with Gasteiger partial charge in [-0.1, -0.05) is 12.1 Å². The smallest absolute Gasteiger partial charge is 0.300 e. The van der Waals surface area contributed by atoms with Crippen LogP contribution < -0.4 is 17.0 Å². The standard InChI is InChI=1S/C13H15N3O2S/c1-8-9(6-11(18-8)13(17)16-15)7-19-12-5-3-2-4-10(12)14/h2-6H,7,14-15H2,1H3,(H,16,17). The molecule has 5 N–H and O–H groups in total. The summed E-state index contributed by atoms with van der Waals surface area (Å²) >= 11 is 1.60. The lowest BCUT2D eigenvalue weighted by Crippen LogP contribution is -2.29. The fraction of sp³-hybridized carbons (Fsp3) is 0.154. The molecule has 2 aromatic rings. The monoisotopic (exact) mass is 277 g/mol. The molecule has 5 nitrogen and oxygen atoms in total. The fourth-order valence-electron chi connectivity index (χ4n) is 1.61. The first-order valence-corrected chi connectivity index (χ1v) is 6.68. The first kappa shape index (κ1) is 13.5. The van der Waals surface area contributed by atoms with E-state index in [9.17, 15) is 4.79 Å². The Hall–Kier alpha value is -1.92. The van der Waals surface area contributed by atoms with Crippen LogP contribution in [0, 0.1) is 6.92 Å². The number of benzene rings is 1. The van der Waals surface area contributed by atoms with Gasteiger partial charge in [0.05, 0.1) is 0 Å². The third-order valence-corrected chi connectivity index (χ3v) is 3.82. The summed E-state index contributed by atoms with van der Waals surface area (Å²) in [5.41, 5.74) is 9.61. The number of hydrazine groups is 1. The summed E-state index contributed by atoms with van der Waals surface area (Å²) in [5.74, 6) is 6.25. The van der Waals surface area contributed by atoms with E-state index in [0.29, 0.717) is 11.5 Å².